The molecule has 0 aromatic heterocycles. The third-order valence-electron chi connectivity index (χ3n) is 2.98. The Hall–Kier alpha value is -2.42. The monoisotopic (exact) mass is 267 g/mol. The van der Waals surface area contributed by atoms with Crippen LogP contribution in [0, 0.1) is 6.92 Å². The van der Waals surface area contributed by atoms with Crippen LogP contribution in [0.15, 0.2) is 48.5 Å². The predicted molar refractivity (Wildman–Crippen MR) is 80.0 cm³/mol. The van der Waals surface area contributed by atoms with E-state index in [-0.39, 0.29) is 11.7 Å². The van der Waals surface area contributed by atoms with Gasteiger partial charge in [0.2, 0.25) is 0 Å². The van der Waals surface area contributed by atoms with E-state index in [1.165, 1.54) is 0 Å². The lowest BCUT2D eigenvalue weighted by Gasteiger charge is -2.06. The quantitative estimate of drug-likeness (QED) is 0.923. The molecular formula is C17H17NO2. The van der Waals surface area contributed by atoms with E-state index >= 15 is 0 Å². The van der Waals surface area contributed by atoms with Gasteiger partial charge >= 0.3 is 0 Å². The molecule has 20 heavy (non-hydrogen) atoms. The van der Waals surface area contributed by atoms with Gasteiger partial charge in [-0.05, 0) is 43.7 Å². The number of ketones is 1. The van der Waals surface area contributed by atoms with Crippen LogP contribution >= 0.6 is 0 Å². The Morgan fingerprint density at radius 1 is 0.950 bits per heavy atom. The Labute approximate surface area is 118 Å². The number of carbonyl (C=O) groups is 2. The fraction of sp³-hybridized carbons (Fsp3) is 0.176. The van der Waals surface area contributed by atoms with Gasteiger partial charge in [0.1, 0.15) is 5.78 Å². The van der Waals surface area contributed by atoms with Crippen molar-refractivity contribution in [3.8, 4) is 0 Å². The minimum Gasteiger partial charge on any atom is -0.322 e. The number of aryl methyl sites for hydroxylation is 1. The van der Waals surface area contributed by atoms with Crippen molar-refractivity contribution in [2.45, 2.75) is 20.3 Å². The molecule has 102 valence electrons. The van der Waals surface area contributed by atoms with E-state index in [9.17, 15) is 9.59 Å². The maximum atomic E-state index is 12.1. The van der Waals surface area contributed by atoms with Crippen molar-refractivity contribution >= 4 is 17.4 Å². The summed E-state index contributed by atoms with van der Waals surface area (Å²) in [5.74, 6) is -0.0370. The van der Waals surface area contributed by atoms with E-state index in [0.29, 0.717) is 12.0 Å². The standard InChI is InChI=1S/C17H17NO2/c1-12-3-9-16(10-4-12)18-17(20)15-7-5-14(6-8-15)11-13(2)19/h3-10H,11H2,1-2H3,(H,18,20). The number of hydrogen-bond donors (Lipinski definition) is 1. The second-order valence-corrected chi connectivity index (χ2v) is 4.90. The molecule has 0 bridgehead atoms. The molecule has 1 amide bonds. The lowest BCUT2D eigenvalue weighted by Crippen LogP contribution is -2.11. The Morgan fingerprint density at radius 3 is 2.10 bits per heavy atom. The topological polar surface area (TPSA) is 46.2 Å². The highest BCUT2D eigenvalue weighted by molar-refractivity contribution is 6.04. The first kappa shape index (κ1) is 14.0. The molecule has 0 heterocycles. The summed E-state index contributed by atoms with van der Waals surface area (Å²) in [5, 5.41) is 2.84. The number of hydrogen-bond acceptors (Lipinski definition) is 2. The Bertz CT molecular complexity index is 612. The highest BCUT2D eigenvalue weighted by Gasteiger charge is 2.06. The number of anilines is 1. The van der Waals surface area contributed by atoms with Gasteiger partial charge in [0.15, 0.2) is 0 Å². The summed E-state index contributed by atoms with van der Waals surface area (Å²) in [5.41, 5.74) is 3.42. The molecule has 0 unspecified atom stereocenters. The number of carbonyl (C=O) groups excluding carboxylic acids is 2. The number of nitrogens with one attached hydrogen (secondary N) is 1. The summed E-state index contributed by atoms with van der Waals surface area (Å²) < 4.78 is 0. The Morgan fingerprint density at radius 2 is 1.55 bits per heavy atom. The fourth-order valence-corrected chi connectivity index (χ4v) is 1.90. The highest BCUT2D eigenvalue weighted by Crippen LogP contribution is 2.12. The Kier molecular flexibility index (Phi) is 4.31. The van der Waals surface area contributed by atoms with Crippen LogP contribution in [-0.4, -0.2) is 11.7 Å². The smallest absolute Gasteiger partial charge is 0.255 e. The van der Waals surface area contributed by atoms with Gasteiger partial charge < -0.3 is 5.32 Å². The predicted octanol–water partition coefficient (Wildman–Crippen LogP) is 3.38. The minimum absolute atomic E-state index is 0.113. The minimum atomic E-state index is -0.150. The number of Topliss-reactive ketones (excluding diaryl/α,β-unsaturated/α-hetero) is 1. The number of rotatable bonds is 4. The van der Waals surface area contributed by atoms with Crippen LogP contribution in [-0.2, 0) is 11.2 Å². The number of amides is 1. The number of benzene rings is 2. The molecule has 0 radical (unpaired) electrons. The van der Waals surface area contributed by atoms with Gasteiger partial charge in [-0.2, -0.15) is 0 Å². The zero-order valence-corrected chi connectivity index (χ0v) is 11.6. The van der Waals surface area contributed by atoms with Crippen molar-refractivity contribution in [3.63, 3.8) is 0 Å². The van der Waals surface area contributed by atoms with Gasteiger partial charge in [0.25, 0.3) is 5.91 Å². The van der Waals surface area contributed by atoms with Crippen LogP contribution < -0.4 is 5.32 Å². The van der Waals surface area contributed by atoms with Crippen LogP contribution in [0.1, 0.15) is 28.4 Å². The summed E-state index contributed by atoms with van der Waals surface area (Å²) in [6.07, 6.45) is 0.403. The second-order valence-electron chi connectivity index (χ2n) is 4.90. The molecule has 3 nitrogen and oxygen atoms in total. The molecule has 0 spiro atoms. The van der Waals surface area contributed by atoms with Gasteiger partial charge in [-0.25, -0.2) is 0 Å². The summed E-state index contributed by atoms with van der Waals surface area (Å²) in [4.78, 5) is 23.1. The first-order valence-electron chi connectivity index (χ1n) is 6.51. The lowest BCUT2D eigenvalue weighted by atomic mass is 10.1. The molecule has 0 saturated heterocycles. The van der Waals surface area contributed by atoms with E-state index in [0.717, 1.165) is 16.8 Å². The van der Waals surface area contributed by atoms with E-state index in [1.807, 2.05) is 43.3 Å². The first-order chi connectivity index (χ1) is 9.54. The SMILES string of the molecule is CC(=O)Cc1ccc(C(=O)Nc2ccc(C)cc2)cc1. The molecule has 0 aliphatic carbocycles. The van der Waals surface area contributed by atoms with Gasteiger partial charge in [-0.1, -0.05) is 29.8 Å². The summed E-state index contributed by atoms with van der Waals surface area (Å²) >= 11 is 0. The molecule has 0 atom stereocenters. The van der Waals surface area contributed by atoms with Crippen molar-refractivity contribution < 1.29 is 9.59 Å². The van der Waals surface area contributed by atoms with E-state index in [4.69, 9.17) is 0 Å². The molecule has 2 aromatic rings. The average Bonchev–Trinajstić information content (AvgIpc) is 2.41. The molecule has 0 aliphatic rings. The summed E-state index contributed by atoms with van der Waals surface area (Å²) in [6, 6.07) is 14.7. The first-order valence-corrected chi connectivity index (χ1v) is 6.51. The van der Waals surface area contributed by atoms with Crippen LogP contribution in [0.2, 0.25) is 0 Å². The van der Waals surface area contributed by atoms with Crippen molar-refractivity contribution in [3.05, 3.63) is 65.2 Å². The van der Waals surface area contributed by atoms with E-state index in [1.54, 1.807) is 19.1 Å². The third kappa shape index (κ3) is 3.79. The lowest BCUT2D eigenvalue weighted by molar-refractivity contribution is -0.116. The summed E-state index contributed by atoms with van der Waals surface area (Å²) in [6.45, 7) is 3.55. The normalized spacial score (nSPS) is 10.1. The maximum absolute atomic E-state index is 12.1. The van der Waals surface area contributed by atoms with Crippen LogP contribution in [0.25, 0.3) is 0 Å². The molecular weight excluding hydrogens is 250 g/mol. The van der Waals surface area contributed by atoms with Crippen LogP contribution in [0.3, 0.4) is 0 Å². The Balaban J connectivity index is 2.05. The second kappa shape index (κ2) is 6.15. The zero-order chi connectivity index (χ0) is 14.5. The molecule has 2 rings (SSSR count). The molecule has 2 aromatic carbocycles. The van der Waals surface area contributed by atoms with E-state index in [2.05, 4.69) is 5.32 Å². The summed E-state index contributed by atoms with van der Waals surface area (Å²) in [7, 11) is 0. The van der Waals surface area contributed by atoms with Crippen molar-refractivity contribution in [2.75, 3.05) is 5.32 Å². The van der Waals surface area contributed by atoms with Crippen molar-refractivity contribution in [2.24, 2.45) is 0 Å². The zero-order valence-electron chi connectivity index (χ0n) is 11.6. The van der Waals surface area contributed by atoms with E-state index < -0.39 is 0 Å². The average molecular weight is 267 g/mol. The van der Waals surface area contributed by atoms with Gasteiger partial charge in [0, 0.05) is 17.7 Å². The molecule has 0 fully saturated rings. The molecule has 0 saturated carbocycles. The van der Waals surface area contributed by atoms with Gasteiger partial charge in [-0.15, -0.1) is 0 Å². The van der Waals surface area contributed by atoms with Gasteiger partial charge in [-0.3, -0.25) is 9.59 Å². The third-order valence-corrected chi connectivity index (χ3v) is 2.98. The molecule has 3 heteroatoms. The van der Waals surface area contributed by atoms with Gasteiger partial charge in [0.05, 0.1) is 0 Å². The fourth-order valence-electron chi connectivity index (χ4n) is 1.90. The van der Waals surface area contributed by atoms with Crippen LogP contribution in [0.5, 0.6) is 0 Å². The largest absolute Gasteiger partial charge is 0.322 e. The van der Waals surface area contributed by atoms with Crippen molar-refractivity contribution in [1.82, 2.24) is 0 Å². The highest BCUT2D eigenvalue weighted by atomic mass is 16.1. The molecule has 0 aliphatic heterocycles. The van der Waals surface area contributed by atoms with Crippen molar-refractivity contribution in [1.29, 1.82) is 0 Å². The molecule has 1 N–H and O–H groups in total. The maximum Gasteiger partial charge on any atom is 0.255 e. The van der Waals surface area contributed by atoms with Crippen LogP contribution in [0.4, 0.5) is 5.69 Å².